The third kappa shape index (κ3) is 3.21. The molecule has 0 unspecified atom stereocenters. The summed E-state index contributed by atoms with van der Waals surface area (Å²) in [4.78, 5) is 20.5. The highest BCUT2D eigenvalue weighted by Crippen LogP contribution is 2.22. The molecule has 124 valence electrons. The molecule has 24 heavy (non-hydrogen) atoms. The van der Waals surface area contributed by atoms with Gasteiger partial charge in [0.05, 0.1) is 25.0 Å². The Bertz CT molecular complexity index is 843. The van der Waals surface area contributed by atoms with E-state index in [1.165, 1.54) is 7.11 Å². The Morgan fingerprint density at radius 2 is 2.04 bits per heavy atom. The van der Waals surface area contributed by atoms with Gasteiger partial charge in [0.15, 0.2) is 11.5 Å². The van der Waals surface area contributed by atoms with Gasteiger partial charge >= 0.3 is 5.97 Å². The summed E-state index contributed by atoms with van der Waals surface area (Å²) in [7, 11) is 3.02. The number of nitrogens with zero attached hydrogens (tertiary/aromatic N) is 3. The molecular weight excluding hydrogens is 308 g/mol. The first-order valence-corrected chi connectivity index (χ1v) is 7.48. The summed E-state index contributed by atoms with van der Waals surface area (Å²) in [6.07, 6.45) is 5.49. The van der Waals surface area contributed by atoms with Crippen molar-refractivity contribution in [3.05, 3.63) is 48.4 Å². The van der Waals surface area contributed by atoms with Crippen molar-refractivity contribution in [3.8, 4) is 11.3 Å². The molecule has 0 aliphatic carbocycles. The number of carbonyl (C=O) groups is 1. The van der Waals surface area contributed by atoms with Crippen LogP contribution in [0.2, 0.25) is 0 Å². The summed E-state index contributed by atoms with van der Waals surface area (Å²) >= 11 is 0. The fourth-order valence-electron chi connectivity index (χ4n) is 2.36. The highest BCUT2D eigenvalue weighted by molar-refractivity contribution is 5.89. The number of aromatic nitrogens is 3. The number of ether oxygens (including phenoxy) is 2. The first-order chi connectivity index (χ1) is 11.7. The molecule has 0 saturated heterocycles. The van der Waals surface area contributed by atoms with Crippen molar-refractivity contribution in [1.29, 1.82) is 0 Å². The number of anilines is 1. The van der Waals surface area contributed by atoms with Crippen LogP contribution in [0.3, 0.4) is 0 Å². The molecule has 1 N–H and O–H groups in total. The zero-order chi connectivity index (χ0) is 16.9. The summed E-state index contributed by atoms with van der Waals surface area (Å²) in [6.45, 7) is 1.21. The molecule has 0 aliphatic heterocycles. The van der Waals surface area contributed by atoms with Gasteiger partial charge in [-0.25, -0.2) is 14.8 Å². The summed E-state index contributed by atoms with van der Waals surface area (Å²) in [6, 6.07) is 7.13. The molecule has 0 aliphatic rings. The fourth-order valence-corrected chi connectivity index (χ4v) is 2.36. The summed E-state index contributed by atoms with van der Waals surface area (Å²) in [5, 5.41) is 3.23. The summed E-state index contributed by atoms with van der Waals surface area (Å²) < 4.78 is 11.7. The minimum Gasteiger partial charge on any atom is -0.465 e. The Morgan fingerprint density at radius 3 is 2.75 bits per heavy atom. The molecule has 0 radical (unpaired) electrons. The van der Waals surface area contributed by atoms with Crippen molar-refractivity contribution < 1.29 is 14.3 Å². The number of esters is 1. The van der Waals surface area contributed by atoms with Crippen molar-refractivity contribution in [2.45, 2.75) is 0 Å². The van der Waals surface area contributed by atoms with Gasteiger partial charge in [0.2, 0.25) is 0 Å². The average Bonchev–Trinajstić information content (AvgIpc) is 3.10. The van der Waals surface area contributed by atoms with Crippen molar-refractivity contribution in [3.63, 3.8) is 0 Å². The van der Waals surface area contributed by atoms with E-state index in [-0.39, 0.29) is 5.97 Å². The Labute approximate surface area is 139 Å². The number of nitrogens with one attached hydrogen (secondary N) is 1. The number of carbonyl (C=O) groups excluding carboxylic acids is 1. The first kappa shape index (κ1) is 15.9. The van der Waals surface area contributed by atoms with Crippen LogP contribution in [0.1, 0.15) is 10.4 Å². The van der Waals surface area contributed by atoms with E-state index in [1.807, 2.05) is 28.9 Å². The molecule has 3 aromatic rings. The highest BCUT2D eigenvalue weighted by atomic mass is 16.5. The average molecular weight is 326 g/mol. The lowest BCUT2D eigenvalue weighted by Gasteiger charge is -2.10. The van der Waals surface area contributed by atoms with Gasteiger partial charge in [-0.1, -0.05) is 12.1 Å². The second-order valence-electron chi connectivity index (χ2n) is 5.12. The summed E-state index contributed by atoms with van der Waals surface area (Å²) in [5.74, 6) is 0.327. The van der Waals surface area contributed by atoms with E-state index in [2.05, 4.69) is 15.3 Å². The molecule has 0 spiro atoms. The Balaban J connectivity index is 1.95. The van der Waals surface area contributed by atoms with E-state index in [0.29, 0.717) is 24.5 Å². The second-order valence-corrected chi connectivity index (χ2v) is 5.12. The molecule has 7 heteroatoms. The van der Waals surface area contributed by atoms with Gasteiger partial charge in [-0.05, 0) is 12.1 Å². The van der Waals surface area contributed by atoms with Gasteiger partial charge in [0, 0.05) is 37.8 Å². The van der Waals surface area contributed by atoms with Gasteiger partial charge in [-0.3, -0.25) is 0 Å². The number of fused-ring (bicyclic) bond motifs is 1. The van der Waals surface area contributed by atoms with E-state index in [9.17, 15) is 4.79 Å². The number of hydrogen-bond donors (Lipinski definition) is 1. The third-order valence-electron chi connectivity index (χ3n) is 3.57. The lowest BCUT2D eigenvalue weighted by atomic mass is 10.1. The van der Waals surface area contributed by atoms with E-state index >= 15 is 0 Å². The molecular formula is C17H18N4O3. The van der Waals surface area contributed by atoms with Crippen LogP contribution in [0.15, 0.2) is 42.9 Å². The lowest BCUT2D eigenvalue weighted by Crippen LogP contribution is -2.10. The van der Waals surface area contributed by atoms with Crippen LogP contribution in [0.5, 0.6) is 0 Å². The molecule has 1 aromatic carbocycles. The molecule has 2 heterocycles. The number of imidazole rings is 1. The first-order valence-electron chi connectivity index (χ1n) is 7.48. The van der Waals surface area contributed by atoms with Gasteiger partial charge in [-0.2, -0.15) is 0 Å². The number of methoxy groups -OCH3 is 2. The van der Waals surface area contributed by atoms with Crippen LogP contribution in [0.25, 0.3) is 16.9 Å². The van der Waals surface area contributed by atoms with Crippen molar-refractivity contribution in [2.24, 2.45) is 0 Å². The molecule has 0 saturated carbocycles. The quantitative estimate of drug-likeness (QED) is 0.553. The van der Waals surface area contributed by atoms with E-state index in [0.717, 1.165) is 16.9 Å². The van der Waals surface area contributed by atoms with Crippen molar-refractivity contribution >= 4 is 17.4 Å². The van der Waals surface area contributed by atoms with Gasteiger partial charge in [-0.15, -0.1) is 0 Å². The molecule has 0 bridgehead atoms. The predicted octanol–water partition coefficient (Wildman–Crippen LogP) is 2.24. The number of hydrogen-bond acceptors (Lipinski definition) is 6. The van der Waals surface area contributed by atoms with Crippen LogP contribution in [-0.4, -0.2) is 47.7 Å². The Kier molecular flexibility index (Phi) is 4.72. The standard InChI is InChI=1S/C17H18N4O3/c1-23-10-8-18-15-16-19-7-9-21(16)11-14(20-15)12-3-5-13(6-4-12)17(22)24-2/h3-7,9,11H,8,10H2,1-2H3,(H,18,20). The maximum atomic E-state index is 11.5. The molecule has 0 amide bonds. The minimum atomic E-state index is -0.360. The van der Waals surface area contributed by atoms with Crippen LogP contribution in [-0.2, 0) is 9.47 Å². The molecule has 3 rings (SSSR count). The van der Waals surface area contributed by atoms with Crippen LogP contribution < -0.4 is 5.32 Å². The number of rotatable bonds is 6. The molecule has 0 atom stereocenters. The zero-order valence-corrected chi connectivity index (χ0v) is 13.5. The van der Waals surface area contributed by atoms with Gasteiger partial charge in [0.1, 0.15) is 0 Å². The molecule has 0 fully saturated rings. The molecule has 2 aromatic heterocycles. The highest BCUT2D eigenvalue weighted by Gasteiger charge is 2.10. The topological polar surface area (TPSA) is 77.8 Å². The smallest absolute Gasteiger partial charge is 0.337 e. The van der Waals surface area contributed by atoms with E-state index < -0.39 is 0 Å². The van der Waals surface area contributed by atoms with Crippen LogP contribution in [0.4, 0.5) is 5.82 Å². The van der Waals surface area contributed by atoms with E-state index in [1.54, 1.807) is 25.4 Å². The zero-order valence-electron chi connectivity index (χ0n) is 13.5. The number of benzene rings is 1. The van der Waals surface area contributed by atoms with Gasteiger partial charge in [0.25, 0.3) is 0 Å². The predicted molar refractivity (Wildman–Crippen MR) is 90.1 cm³/mol. The molecule has 7 nitrogen and oxygen atoms in total. The van der Waals surface area contributed by atoms with E-state index in [4.69, 9.17) is 9.47 Å². The third-order valence-corrected chi connectivity index (χ3v) is 3.57. The normalized spacial score (nSPS) is 10.8. The Morgan fingerprint density at radius 1 is 1.25 bits per heavy atom. The largest absolute Gasteiger partial charge is 0.465 e. The van der Waals surface area contributed by atoms with Crippen molar-refractivity contribution in [2.75, 3.05) is 32.7 Å². The SMILES string of the molecule is COCCNc1nc(-c2ccc(C(=O)OC)cc2)cn2ccnc12. The maximum Gasteiger partial charge on any atom is 0.337 e. The monoisotopic (exact) mass is 326 g/mol. The van der Waals surface area contributed by atoms with Gasteiger partial charge < -0.3 is 19.2 Å². The Hall–Kier alpha value is -2.93. The second kappa shape index (κ2) is 7.10. The van der Waals surface area contributed by atoms with Crippen molar-refractivity contribution in [1.82, 2.24) is 14.4 Å². The fraction of sp³-hybridized carbons (Fsp3) is 0.235. The van der Waals surface area contributed by atoms with Crippen LogP contribution in [0, 0.1) is 0 Å². The maximum absolute atomic E-state index is 11.5. The van der Waals surface area contributed by atoms with Crippen LogP contribution >= 0.6 is 0 Å². The minimum absolute atomic E-state index is 0.360. The lowest BCUT2D eigenvalue weighted by molar-refractivity contribution is 0.0601. The summed E-state index contributed by atoms with van der Waals surface area (Å²) in [5.41, 5.74) is 2.93.